The van der Waals surface area contributed by atoms with Crippen LogP contribution in [0.15, 0.2) is 68.7 Å². The number of hydrogen-bond acceptors (Lipinski definition) is 5. The molecular weight excluding hydrogens is 418 g/mol. The third kappa shape index (κ3) is 3.34. The summed E-state index contributed by atoms with van der Waals surface area (Å²) in [7, 11) is 0. The minimum atomic E-state index is -0.0129. The van der Waals surface area contributed by atoms with Crippen LogP contribution in [0.5, 0.6) is 5.75 Å². The van der Waals surface area contributed by atoms with Crippen molar-refractivity contribution in [1.82, 2.24) is 9.97 Å². The summed E-state index contributed by atoms with van der Waals surface area (Å²) in [4.78, 5) is 12.9. The lowest BCUT2D eigenvalue weighted by Crippen LogP contribution is -1.84. The maximum absolute atomic E-state index is 10.0. The zero-order valence-electron chi connectivity index (χ0n) is 13.2. The third-order valence-corrected chi connectivity index (χ3v) is 4.45. The molecule has 0 saturated heterocycles. The maximum Gasteiger partial charge on any atom is 0.227 e. The molecule has 2 heterocycles. The van der Waals surface area contributed by atoms with Crippen molar-refractivity contribution in [1.29, 1.82) is 0 Å². The predicted octanol–water partition coefficient (Wildman–Crippen LogP) is 5.76. The average Bonchev–Trinajstić information content (AvgIpc) is 3.07. The summed E-state index contributed by atoms with van der Waals surface area (Å²) in [6.45, 7) is 0. The molecule has 0 spiro atoms. The fourth-order valence-corrected chi connectivity index (χ4v) is 3.28. The number of phenolic OH excluding ortho intramolecular Hbond substituents is 1. The Morgan fingerprint density at radius 3 is 2.73 bits per heavy atom. The standard InChI is InChI=1S/C19H11BrClN3O2/c20-13-7-12(18(25)15(21)8-13)10-23-14-1-2-17-16(9-14)24-19(26-17)11-3-5-22-6-4-11/h1-10,25H. The fourth-order valence-electron chi connectivity index (χ4n) is 2.44. The van der Waals surface area contributed by atoms with Gasteiger partial charge in [0.05, 0.1) is 10.7 Å². The van der Waals surface area contributed by atoms with Crippen LogP contribution in [-0.4, -0.2) is 21.3 Å². The summed E-state index contributed by atoms with van der Waals surface area (Å²) >= 11 is 9.32. The summed E-state index contributed by atoms with van der Waals surface area (Å²) in [5, 5.41) is 10.3. The van der Waals surface area contributed by atoms with Crippen LogP contribution in [0.3, 0.4) is 0 Å². The van der Waals surface area contributed by atoms with E-state index in [4.69, 9.17) is 16.0 Å². The first-order chi connectivity index (χ1) is 12.6. The molecular formula is C19H11BrClN3O2. The van der Waals surface area contributed by atoms with E-state index in [-0.39, 0.29) is 10.8 Å². The highest BCUT2D eigenvalue weighted by atomic mass is 79.9. The number of rotatable bonds is 3. The number of fused-ring (bicyclic) bond motifs is 1. The second kappa shape index (κ2) is 6.90. The number of pyridine rings is 1. The van der Waals surface area contributed by atoms with Crippen LogP contribution in [0.25, 0.3) is 22.6 Å². The molecule has 0 fully saturated rings. The third-order valence-electron chi connectivity index (χ3n) is 3.71. The number of oxazole rings is 1. The van der Waals surface area contributed by atoms with Crippen LogP contribution in [0, 0.1) is 0 Å². The van der Waals surface area contributed by atoms with Crippen molar-refractivity contribution in [3.8, 4) is 17.2 Å². The van der Waals surface area contributed by atoms with Crippen molar-refractivity contribution in [2.45, 2.75) is 0 Å². The molecule has 0 unspecified atom stereocenters. The normalized spacial score (nSPS) is 11.5. The van der Waals surface area contributed by atoms with Crippen LogP contribution in [0.1, 0.15) is 5.56 Å². The Bertz CT molecular complexity index is 1130. The van der Waals surface area contributed by atoms with Crippen molar-refractivity contribution in [3.05, 3.63) is 69.9 Å². The summed E-state index contributed by atoms with van der Waals surface area (Å²) in [5.41, 5.74) is 3.42. The van der Waals surface area contributed by atoms with E-state index >= 15 is 0 Å². The first-order valence-corrected chi connectivity index (χ1v) is 8.80. The van der Waals surface area contributed by atoms with E-state index in [1.807, 2.05) is 30.3 Å². The highest BCUT2D eigenvalue weighted by Gasteiger charge is 2.09. The number of phenols is 1. The predicted molar refractivity (Wildman–Crippen MR) is 105 cm³/mol. The molecule has 128 valence electrons. The molecule has 0 amide bonds. The van der Waals surface area contributed by atoms with E-state index in [1.54, 1.807) is 30.7 Å². The van der Waals surface area contributed by atoms with Gasteiger partial charge in [-0.05, 0) is 42.5 Å². The van der Waals surface area contributed by atoms with Gasteiger partial charge < -0.3 is 9.52 Å². The van der Waals surface area contributed by atoms with Gasteiger partial charge in [-0.15, -0.1) is 0 Å². The Balaban J connectivity index is 1.68. The number of aliphatic imine (C=N–C) groups is 1. The van der Waals surface area contributed by atoms with E-state index in [9.17, 15) is 5.11 Å². The van der Waals surface area contributed by atoms with Gasteiger partial charge in [0, 0.05) is 34.2 Å². The van der Waals surface area contributed by atoms with E-state index in [0.717, 1.165) is 10.0 Å². The summed E-state index contributed by atoms with van der Waals surface area (Å²) < 4.78 is 6.53. The van der Waals surface area contributed by atoms with E-state index in [2.05, 4.69) is 30.9 Å². The highest BCUT2D eigenvalue weighted by molar-refractivity contribution is 9.10. The van der Waals surface area contributed by atoms with Crippen molar-refractivity contribution in [2.24, 2.45) is 4.99 Å². The van der Waals surface area contributed by atoms with Gasteiger partial charge in [0.25, 0.3) is 0 Å². The molecule has 0 bridgehead atoms. The summed E-state index contributed by atoms with van der Waals surface area (Å²) in [6.07, 6.45) is 4.93. The minimum absolute atomic E-state index is 0.0129. The van der Waals surface area contributed by atoms with Crippen molar-refractivity contribution in [3.63, 3.8) is 0 Å². The highest BCUT2D eigenvalue weighted by Crippen LogP contribution is 2.31. The molecule has 26 heavy (non-hydrogen) atoms. The fraction of sp³-hybridized carbons (Fsp3) is 0. The lowest BCUT2D eigenvalue weighted by atomic mass is 10.2. The Hall–Kier alpha value is -2.70. The van der Waals surface area contributed by atoms with Crippen molar-refractivity contribution >= 4 is 50.5 Å². The van der Waals surface area contributed by atoms with Crippen molar-refractivity contribution < 1.29 is 9.52 Å². The zero-order valence-corrected chi connectivity index (χ0v) is 15.6. The lowest BCUT2D eigenvalue weighted by Gasteiger charge is -2.02. The summed E-state index contributed by atoms with van der Waals surface area (Å²) in [6, 6.07) is 12.5. The number of aromatic hydroxyl groups is 1. The first kappa shape index (κ1) is 16.8. The second-order valence-electron chi connectivity index (χ2n) is 5.49. The molecule has 7 heteroatoms. The van der Waals surface area contributed by atoms with Gasteiger partial charge in [-0.2, -0.15) is 0 Å². The Kier molecular flexibility index (Phi) is 4.44. The quantitative estimate of drug-likeness (QED) is 0.421. The van der Waals surface area contributed by atoms with Crippen molar-refractivity contribution in [2.75, 3.05) is 0 Å². The Morgan fingerprint density at radius 2 is 1.92 bits per heavy atom. The molecule has 0 aliphatic rings. The van der Waals surface area contributed by atoms with Gasteiger partial charge in [-0.3, -0.25) is 9.98 Å². The topological polar surface area (TPSA) is 71.5 Å². The van der Waals surface area contributed by atoms with Gasteiger partial charge in [0.2, 0.25) is 5.89 Å². The molecule has 4 aromatic rings. The second-order valence-corrected chi connectivity index (χ2v) is 6.81. The molecule has 0 saturated carbocycles. The number of hydrogen-bond donors (Lipinski definition) is 1. The number of benzene rings is 2. The molecule has 0 aliphatic carbocycles. The zero-order chi connectivity index (χ0) is 18.1. The monoisotopic (exact) mass is 427 g/mol. The minimum Gasteiger partial charge on any atom is -0.506 e. The van der Waals surface area contributed by atoms with Gasteiger partial charge in [0.1, 0.15) is 11.3 Å². The molecule has 0 aliphatic heterocycles. The van der Waals surface area contributed by atoms with Gasteiger partial charge in [-0.1, -0.05) is 27.5 Å². The van der Waals surface area contributed by atoms with E-state index in [0.29, 0.717) is 28.2 Å². The molecule has 4 rings (SSSR count). The van der Waals surface area contributed by atoms with Gasteiger partial charge >= 0.3 is 0 Å². The Morgan fingerprint density at radius 1 is 1.12 bits per heavy atom. The maximum atomic E-state index is 10.0. The van der Waals surface area contributed by atoms with Crippen LogP contribution in [-0.2, 0) is 0 Å². The largest absolute Gasteiger partial charge is 0.506 e. The number of halogens is 2. The van der Waals surface area contributed by atoms with Crippen LogP contribution in [0.2, 0.25) is 5.02 Å². The molecule has 0 radical (unpaired) electrons. The smallest absolute Gasteiger partial charge is 0.227 e. The van der Waals surface area contributed by atoms with Gasteiger partial charge in [-0.25, -0.2) is 4.98 Å². The molecule has 5 nitrogen and oxygen atoms in total. The molecule has 1 N–H and O–H groups in total. The van der Waals surface area contributed by atoms with Crippen LogP contribution < -0.4 is 0 Å². The lowest BCUT2D eigenvalue weighted by molar-refractivity contribution is 0.474. The van der Waals surface area contributed by atoms with Gasteiger partial charge in [0.15, 0.2) is 5.58 Å². The molecule has 2 aromatic carbocycles. The number of aromatic nitrogens is 2. The average molecular weight is 429 g/mol. The first-order valence-electron chi connectivity index (χ1n) is 7.63. The SMILES string of the molecule is Oc1c(Cl)cc(Br)cc1C=Nc1ccc2oc(-c3ccncc3)nc2c1. The van der Waals surface area contributed by atoms with Crippen LogP contribution in [0.4, 0.5) is 5.69 Å². The number of nitrogens with zero attached hydrogens (tertiary/aromatic N) is 3. The molecule has 0 atom stereocenters. The van der Waals surface area contributed by atoms with E-state index < -0.39 is 0 Å². The Labute approximate surface area is 162 Å². The van der Waals surface area contributed by atoms with Crippen LogP contribution >= 0.6 is 27.5 Å². The van der Waals surface area contributed by atoms with E-state index in [1.165, 1.54) is 0 Å². The summed E-state index contributed by atoms with van der Waals surface area (Å²) in [5.74, 6) is 0.515. The molecule has 2 aromatic heterocycles.